The molecule has 13 heavy (non-hydrogen) atoms. The van der Waals surface area contributed by atoms with Crippen molar-refractivity contribution in [3.05, 3.63) is 24.2 Å². The van der Waals surface area contributed by atoms with Gasteiger partial charge in [-0.05, 0) is 30.1 Å². The van der Waals surface area contributed by atoms with Gasteiger partial charge in [0.25, 0.3) is 5.82 Å². The number of nitrogens with zero attached hydrogens (tertiary/aromatic N) is 2. The van der Waals surface area contributed by atoms with E-state index < -0.39 is 0 Å². The molecular weight excluding hydrogens is 164 g/mol. The molecule has 1 fully saturated rings. The van der Waals surface area contributed by atoms with E-state index in [0.29, 0.717) is 11.7 Å². The number of nitrogen functional groups attached to an aromatic ring is 1. The minimum atomic E-state index is 0.606. The molecule has 66 valence electrons. The number of fused-ring (bicyclic) bond motifs is 1. The highest BCUT2D eigenvalue weighted by Crippen LogP contribution is 2.36. The van der Waals surface area contributed by atoms with Crippen LogP contribution in [0.5, 0.6) is 0 Å². The molecule has 1 aliphatic carbocycles. The van der Waals surface area contributed by atoms with Gasteiger partial charge >= 0.3 is 0 Å². The first kappa shape index (κ1) is 6.88. The minimum absolute atomic E-state index is 0.606. The molecule has 0 aliphatic heterocycles. The zero-order chi connectivity index (χ0) is 8.84. The summed E-state index contributed by atoms with van der Waals surface area (Å²) in [4.78, 5) is 3.14. The fourth-order valence-electron chi connectivity index (χ4n) is 1.56. The lowest BCUT2D eigenvalue weighted by Gasteiger charge is -1.95. The molecule has 0 saturated heterocycles. The molecule has 1 saturated carbocycles. The van der Waals surface area contributed by atoms with Crippen LogP contribution >= 0.6 is 0 Å². The molecule has 3 N–H and O–H groups in total. The summed E-state index contributed by atoms with van der Waals surface area (Å²) in [5, 5.41) is 4.44. The van der Waals surface area contributed by atoms with Crippen LogP contribution in [0.4, 0.5) is 5.82 Å². The van der Waals surface area contributed by atoms with Gasteiger partial charge in [0.2, 0.25) is 5.82 Å². The van der Waals surface area contributed by atoms with Crippen molar-refractivity contribution in [3.8, 4) is 0 Å². The SMILES string of the molecule is Nc1[nH+]c(C2CC2)nn2cccc12. The molecule has 4 nitrogen and oxygen atoms in total. The summed E-state index contributed by atoms with van der Waals surface area (Å²) in [7, 11) is 0. The largest absolute Gasteiger partial charge is 0.317 e. The van der Waals surface area contributed by atoms with Crippen LogP contribution in [0.1, 0.15) is 24.6 Å². The maximum absolute atomic E-state index is 5.85. The standard InChI is InChI=1S/C9H10N4/c10-8-7-2-1-5-13(7)12-9(11-8)6-3-4-6/h1-2,5-6H,3-4H2,(H2,10,11,12)/p+1. The fraction of sp³-hybridized carbons (Fsp3) is 0.333. The number of rotatable bonds is 1. The molecule has 0 aromatic carbocycles. The zero-order valence-electron chi connectivity index (χ0n) is 7.20. The summed E-state index contributed by atoms with van der Waals surface area (Å²) in [6.07, 6.45) is 4.39. The van der Waals surface area contributed by atoms with E-state index in [-0.39, 0.29) is 0 Å². The number of H-pyrrole nitrogens is 1. The predicted octanol–water partition coefficient (Wildman–Crippen LogP) is 0.608. The molecule has 3 rings (SSSR count). The van der Waals surface area contributed by atoms with E-state index in [0.717, 1.165) is 11.3 Å². The van der Waals surface area contributed by atoms with Gasteiger partial charge < -0.3 is 5.73 Å². The molecule has 1 aliphatic rings. The average Bonchev–Trinajstić information content (AvgIpc) is 2.85. The van der Waals surface area contributed by atoms with Gasteiger partial charge in [0, 0.05) is 6.20 Å². The Bertz CT molecular complexity index is 456. The van der Waals surface area contributed by atoms with Gasteiger partial charge in [0.1, 0.15) is 0 Å². The summed E-state index contributed by atoms with van der Waals surface area (Å²) in [5.41, 5.74) is 6.80. The summed E-state index contributed by atoms with van der Waals surface area (Å²) in [5.74, 6) is 2.33. The van der Waals surface area contributed by atoms with Crippen LogP contribution < -0.4 is 10.7 Å². The molecule has 0 spiro atoms. The second kappa shape index (κ2) is 2.22. The Morgan fingerprint density at radius 2 is 2.38 bits per heavy atom. The van der Waals surface area contributed by atoms with E-state index in [1.54, 1.807) is 0 Å². The first-order chi connectivity index (χ1) is 6.34. The van der Waals surface area contributed by atoms with E-state index >= 15 is 0 Å². The molecule has 0 bridgehead atoms. The van der Waals surface area contributed by atoms with Crippen molar-refractivity contribution in [2.45, 2.75) is 18.8 Å². The van der Waals surface area contributed by atoms with Crippen LogP contribution in [0.25, 0.3) is 5.52 Å². The van der Waals surface area contributed by atoms with Gasteiger partial charge in [0.05, 0.1) is 5.92 Å². The Kier molecular flexibility index (Phi) is 1.17. The number of nitrogens with one attached hydrogen (secondary N) is 1. The van der Waals surface area contributed by atoms with E-state index in [1.807, 2.05) is 22.8 Å². The summed E-state index contributed by atoms with van der Waals surface area (Å²) >= 11 is 0. The third kappa shape index (κ3) is 0.983. The van der Waals surface area contributed by atoms with Gasteiger partial charge in [-0.3, -0.25) is 0 Å². The lowest BCUT2D eigenvalue weighted by atomic mass is 10.4. The third-order valence-electron chi connectivity index (χ3n) is 2.45. The van der Waals surface area contributed by atoms with Crippen molar-refractivity contribution in [2.75, 3.05) is 5.73 Å². The van der Waals surface area contributed by atoms with Crippen LogP contribution in [0.15, 0.2) is 18.3 Å². The van der Waals surface area contributed by atoms with Crippen molar-refractivity contribution >= 4 is 11.3 Å². The monoisotopic (exact) mass is 175 g/mol. The number of hydrogen-bond donors (Lipinski definition) is 1. The Hall–Kier alpha value is -1.58. The van der Waals surface area contributed by atoms with E-state index in [9.17, 15) is 0 Å². The second-order valence-corrected chi connectivity index (χ2v) is 3.54. The van der Waals surface area contributed by atoms with Crippen LogP contribution in [0.2, 0.25) is 0 Å². The Balaban J connectivity index is 2.27. The minimum Gasteiger partial charge on any atom is -0.317 e. The molecule has 2 heterocycles. The highest BCUT2D eigenvalue weighted by molar-refractivity contribution is 5.61. The average molecular weight is 175 g/mol. The van der Waals surface area contributed by atoms with Crippen LogP contribution in [0.3, 0.4) is 0 Å². The van der Waals surface area contributed by atoms with Crippen molar-refractivity contribution in [2.24, 2.45) is 0 Å². The van der Waals surface area contributed by atoms with Crippen LogP contribution in [-0.2, 0) is 0 Å². The zero-order valence-corrected chi connectivity index (χ0v) is 7.20. The number of anilines is 1. The lowest BCUT2D eigenvalue weighted by molar-refractivity contribution is -0.378. The Morgan fingerprint density at radius 1 is 1.54 bits per heavy atom. The molecule has 2 aromatic heterocycles. The maximum atomic E-state index is 5.85. The molecule has 0 unspecified atom stereocenters. The topological polar surface area (TPSA) is 57.5 Å². The number of nitrogens with two attached hydrogens (primary N) is 1. The highest BCUT2D eigenvalue weighted by atomic mass is 15.3. The van der Waals surface area contributed by atoms with Crippen molar-refractivity contribution in [1.82, 2.24) is 9.61 Å². The first-order valence-electron chi connectivity index (χ1n) is 4.50. The Morgan fingerprint density at radius 3 is 3.15 bits per heavy atom. The van der Waals surface area contributed by atoms with Gasteiger partial charge in [0.15, 0.2) is 5.52 Å². The smallest absolute Gasteiger partial charge is 0.263 e. The first-order valence-corrected chi connectivity index (χ1v) is 4.50. The van der Waals surface area contributed by atoms with Crippen LogP contribution in [-0.4, -0.2) is 9.61 Å². The van der Waals surface area contributed by atoms with Crippen molar-refractivity contribution in [3.63, 3.8) is 0 Å². The molecule has 0 atom stereocenters. The predicted molar refractivity (Wildman–Crippen MR) is 48.1 cm³/mol. The van der Waals surface area contributed by atoms with Gasteiger partial charge in [-0.1, -0.05) is 0 Å². The Labute approximate surface area is 75.4 Å². The number of aromatic amines is 1. The van der Waals surface area contributed by atoms with Gasteiger partial charge in [-0.15, -0.1) is 0 Å². The normalized spacial score (nSPS) is 16.6. The van der Waals surface area contributed by atoms with E-state index in [1.165, 1.54) is 12.8 Å². The molecule has 0 radical (unpaired) electrons. The molecular formula is C9H11N4+. The second-order valence-electron chi connectivity index (χ2n) is 3.54. The molecule has 4 heteroatoms. The molecule has 0 amide bonds. The van der Waals surface area contributed by atoms with Crippen molar-refractivity contribution < 1.29 is 4.98 Å². The van der Waals surface area contributed by atoms with Gasteiger partial charge in [-0.25, -0.2) is 4.98 Å². The van der Waals surface area contributed by atoms with Crippen molar-refractivity contribution in [1.29, 1.82) is 0 Å². The molecule has 2 aromatic rings. The summed E-state index contributed by atoms with van der Waals surface area (Å²) in [6, 6.07) is 3.90. The fourth-order valence-corrected chi connectivity index (χ4v) is 1.56. The highest BCUT2D eigenvalue weighted by Gasteiger charge is 2.31. The third-order valence-corrected chi connectivity index (χ3v) is 2.45. The lowest BCUT2D eigenvalue weighted by Crippen LogP contribution is -2.20. The van der Waals surface area contributed by atoms with E-state index in [2.05, 4.69) is 10.1 Å². The van der Waals surface area contributed by atoms with Gasteiger partial charge in [-0.2, -0.15) is 4.52 Å². The number of hydrogen-bond acceptors (Lipinski definition) is 2. The maximum Gasteiger partial charge on any atom is 0.263 e. The summed E-state index contributed by atoms with van der Waals surface area (Å²) < 4.78 is 1.83. The summed E-state index contributed by atoms with van der Waals surface area (Å²) in [6.45, 7) is 0. The quantitative estimate of drug-likeness (QED) is 0.690. The van der Waals surface area contributed by atoms with Crippen LogP contribution in [0, 0.1) is 0 Å². The van der Waals surface area contributed by atoms with E-state index in [4.69, 9.17) is 5.73 Å². The number of aromatic nitrogens is 3.